The van der Waals surface area contributed by atoms with Gasteiger partial charge in [0, 0.05) is 23.5 Å². The van der Waals surface area contributed by atoms with Gasteiger partial charge in [0.25, 0.3) is 11.1 Å². The molecule has 2 amide bonds. The van der Waals surface area contributed by atoms with Crippen molar-refractivity contribution in [1.82, 2.24) is 19.4 Å². The van der Waals surface area contributed by atoms with Gasteiger partial charge in [0.1, 0.15) is 0 Å². The molecule has 4 rings (SSSR count). The zero-order valence-corrected chi connectivity index (χ0v) is 20.9. The number of hydrogen-bond acceptors (Lipinski definition) is 6. The number of halogens is 4. The Hall–Kier alpha value is -2.87. The lowest BCUT2D eigenvalue weighted by Crippen LogP contribution is -2.36. The van der Waals surface area contributed by atoms with Crippen molar-refractivity contribution in [2.75, 3.05) is 19.3 Å². The summed E-state index contributed by atoms with van der Waals surface area (Å²) in [6.07, 6.45) is -0.574. The van der Waals surface area contributed by atoms with Gasteiger partial charge >= 0.3 is 6.18 Å². The summed E-state index contributed by atoms with van der Waals surface area (Å²) in [5.74, 6) is -0.543. The molecule has 1 aliphatic heterocycles. The van der Waals surface area contributed by atoms with Gasteiger partial charge in [-0.2, -0.15) is 18.3 Å². The summed E-state index contributed by atoms with van der Waals surface area (Å²) in [4.78, 5) is 25.9. The summed E-state index contributed by atoms with van der Waals surface area (Å²) in [5, 5.41) is 4.30. The van der Waals surface area contributed by atoms with E-state index in [1.54, 1.807) is 18.2 Å². The molecule has 14 heteroatoms. The van der Waals surface area contributed by atoms with Gasteiger partial charge in [-0.05, 0) is 53.2 Å². The van der Waals surface area contributed by atoms with Crippen molar-refractivity contribution in [3.05, 3.63) is 69.2 Å². The van der Waals surface area contributed by atoms with E-state index >= 15 is 0 Å². The Morgan fingerprint density at radius 2 is 1.92 bits per heavy atom. The molecule has 0 atom stereocenters. The van der Waals surface area contributed by atoms with Crippen LogP contribution in [0.15, 0.2) is 47.5 Å². The molecule has 36 heavy (non-hydrogen) atoms. The highest BCUT2D eigenvalue weighted by Crippen LogP contribution is 2.35. The van der Waals surface area contributed by atoms with Gasteiger partial charge in [-0.15, -0.1) is 0 Å². The van der Waals surface area contributed by atoms with E-state index in [0.29, 0.717) is 16.5 Å². The molecule has 3 aromatic rings. The molecule has 1 fully saturated rings. The number of imide groups is 1. The van der Waals surface area contributed by atoms with Crippen LogP contribution in [-0.2, 0) is 27.5 Å². The van der Waals surface area contributed by atoms with Crippen molar-refractivity contribution in [2.24, 2.45) is 0 Å². The molecule has 1 saturated heterocycles. The molecule has 1 N–H and O–H groups in total. The van der Waals surface area contributed by atoms with Crippen molar-refractivity contribution >= 4 is 61.5 Å². The lowest BCUT2D eigenvalue weighted by molar-refractivity contribution is -0.138. The van der Waals surface area contributed by atoms with Crippen LogP contribution in [0.1, 0.15) is 16.7 Å². The standard InChI is InChI=1S/C22H18ClF3N4O4S2/c1-36(33,34)28-6-7-29-20(31)19(35-21(29)32)9-13-2-5-18-15(8-13)11-27-30(18)12-14-3-4-16(23)10-17(14)22(24,25)26/h2-5,8-11,28H,6-7,12H2,1H3. The minimum absolute atomic E-state index is 0.0139. The predicted octanol–water partition coefficient (Wildman–Crippen LogP) is 4.34. The first-order valence-electron chi connectivity index (χ1n) is 10.3. The van der Waals surface area contributed by atoms with E-state index in [-0.39, 0.29) is 35.1 Å². The molecular formula is C22H18ClF3N4O4S2. The topological polar surface area (TPSA) is 101 Å². The fourth-order valence-electron chi connectivity index (χ4n) is 3.62. The summed E-state index contributed by atoms with van der Waals surface area (Å²) >= 11 is 6.49. The predicted molar refractivity (Wildman–Crippen MR) is 131 cm³/mol. The zero-order valence-electron chi connectivity index (χ0n) is 18.5. The van der Waals surface area contributed by atoms with E-state index < -0.39 is 32.9 Å². The van der Waals surface area contributed by atoms with Gasteiger partial charge in [0.05, 0.1) is 35.0 Å². The second-order valence-corrected chi connectivity index (χ2v) is 11.2. The number of aromatic nitrogens is 2. The quantitative estimate of drug-likeness (QED) is 0.433. The maximum absolute atomic E-state index is 13.4. The first kappa shape index (κ1) is 26.2. The number of hydrogen-bond donors (Lipinski definition) is 1. The average molecular weight is 559 g/mol. The number of fused-ring (bicyclic) bond motifs is 1. The molecule has 190 valence electrons. The number of benzene rings is 2. The van der Waals surface area contributed by atoms with Crippen molar-refractivity contribution < 1.29 is 31.2 Å². The lowest BCUT2D eigenvalue weighted by Gasteiger charge is -2.14. The summed E-state index contributed by atoms with van der Waals surface area (Å²) in [7, 11) is -3.45. The minimum atomic E-state index is -4.57. The van der Waals surface area contributed by atoms with E-state index in [4.69, 9.17) is 11.6 Å². The highest BCUT2D eigenvalue weighted by Gasteiger charge is 2.35. The largest absolute Gasteiger partial charge is 0.416 e. The smallest absolute Gasteiger partial charge is 0.268 e. The van der Waals surface area contributed by atoms with Crippen LogP contribution in [0.4, 0.5) is 18.0 Å². The van der Waals surface area contributed by atoms with Crippen LogP contribution in [0.25, 0.3) is 17.0 Å². The molecule has 2 aromatic carbocycles. The summed E-state index contributed by atoms with van der Waals surface area (Å²) < 4.78 is 66.3. The number of rotatable bonds is 7. The van der Waals surface area contributed by atoms with Gasteiger partial charge in [0.15, 0.2) is 0 Å². The van der Waals surface area contributed by atoms with Crippen molar-refractivity contribution in [1.29, 1.82) is 0 Å². The van der Waals surface area contributed by atoms with Crippen LogP contribution >= 0.6 is 23.4 Å². The van der Waals surface area contributed by atoms with E-state index in [9.17, 15) is 31.2 Å². The first-order chi connectivity index (χ1) is 16.8. The highest BCUT2D eigenvalue weighted by molar-refractivity contribution is 8.18. The molecule has 1 aromatic heterocycles. The number of carbonyl (C=O) groups excluding carboxylic acids is 2. The maximum Gasteiger partial charge on any atom is 0.416 e. The second kappa shape index (κ2) is 9.88. The summed E-state index contributed by atoms with van der Waals surface area (Å²) in [5.41, 5.74) is 0.345. The van der Waals surface area contributed by atoms with E-state index in [1.807, 2.05) is 0 Å². The van der Waals surface area contributed by atoms with Gasteiger partial charge in [-0.25, -0.2) is 13.1 Å². The molecule has 1 aliphatic rings. The van der Waals surface area contributed by atoms with Crippen LogP contribution in [0.5, 0.6) is 0 Å². The maximum atomic E-state index is 13.4. The van der Waals surface area contributed by atoms with Crippen LogP contribution in [0.3, 0.4) is 0 Å². The van der Waals surface area contributed by atoms with E-state index in [1.165, 1.54) is 29.1 Å². The number of nitrogens with zero attached hydrogens (tertiary/aromatic N) is 3. The molecule has 0 spiro atoms. The molecule has 0 unspecified atom stereocenters. The minimum Gasteiger partial charge on any atom is -0.268 e. The number of alkyl halides is 3. The Bertz CT molecular complexity index is 1500. The van der Waals surface area contributed by atoms with E-state index in [2.05, 4.69) is 9.82 Å². The summed E-state index contributed by atoms with van der Waals surface area (Å²) in [6, 6.07) is 8.61. The van der Waals surface area contributed by atoms with Crippen LogP contribution < -0.4 is 4.72 Å². The highest BCUT2D eigenvalue weighted by atomic mass is 35.5. The number of nitrogens with one attached hydrogen (secondary N) is 1. The van der Waals surface area contributed by atoms with Crippen molar-refractivity contribution in [2.45, 2.75) is 12.7 Å². The molecule has 8 nitrogen and oxygen atoms in total. The molecule has 0 bridgehead atoms. The van der Waals surface area contributed by atoms with E-state index in [0.717, 1.165) is 29.0 Å². The van der Waals surface area contributed by atoms with Crippen LogP contribution in [0, 0.1) is 0 Å². The number of thioether (sulfide) groups is 1. The molecule has 0 aliphatic carbocycles. The Balaban J connectivity index is 1.54. The molecule has 0 saturated carbocycles. The van der Waals surface area contributed by atoms with Gasteiger partial charge < -0.3 is 0 Å². The normalized spacial score (nSPS) is 16.0. The third-order valence-electron chi connectivity index (χ3n) is 5.23. The fraction of sp³-hybridized carbons (Fsp3) is 0.227. The SMILES string of the molecule is CS(=O)(=O)NCCN1C(=O)SC(=Cc2ccc3c(cnn3Cc3ccc(Cl)cc3C(F)(F)F)c2)C1=O. The molecular weight excluding hydrogens is 541 g/mol. The Morgan fingerprint density at radius 3 is 2.61 bits per heavy atom. The Morgan fingerprint density at radius 1 is 1.17 bits per heavy atom. The third-order valence-corrected chi connectivity index (χ3v) is 7.11. The van der Waals surface area contributed by atoms with Crippen molar-refractivity contribution in [3.63, 3.8) is 0 Å². The average Bonchev–Trinajstić information content (AvgIpc) is 3.28. The second-order valence-electron chi connectivity index (χ2n) is 7.92. The Labute approximate surface area is 213 Å². The van der Waals surface area contributed by atoms with Gasteiger partial charge in [-0.3, -0.25) is 19.2 Å². The zero-order chi connectivity index (χ0) is 26.3. The lowest BCUT2D eigenvalue weighted by atomic mass is 10.1. The number of carbonyl (C=O) groups is 2. The van der Waals surface area contributed by atoms with Gasteiger partial charge in [-0.1, -0.05) is 23.7 Å². The van der Waals surface area contributed by atoms with Crippen LogP contribution in [-0.4, -0.2) is 53.6 Å². The molecule has 2 heterocycles. The Kier molecular flexibility index (Phi) is 7.19. The number of amides is 2. The molecule has 0 radical (unpaired) electrons. The number of sulfonamides is 1. The van der Waals surface area contributed by atoms with Crippen LogP contribution in [0.2, 0.25) is 5.02 Å². The van der Waals surface area contributed by atoms with Gasteiger partial charge in [0.2, 0.25) is 10.0 Å². The van der Waals surface area contributed by atoms with Crippen molar-refractivity contribution in [3.8, 4) is 0 Å². The third kappa shape index (κ3) is 5.91. The fourth-order valence-corrected chi connectivity index (χ4v) is 5.12. The monoisotopic (exact) mass is 558 g/mol. The summed E-state index contributed by atoms with van der Waals surface area (Å²) in [6.45, 7) is -0.334. The first-order valence-corrected chi connectivity index (χ1v) is 13.4.